The number of fused-ring (bicyclic) bond motifs is 1. The lowest BCUT2D eigenvalue weighted by molar-refractivity contribution is -0.145. The van der Waals surface area contributed by atoms with Crippen molar-refractivity contribution in [3.05, 3.63) is 24.8 Å². The molecule has 300 valence electrons. The molecule has 0 aromatic heterocycles. The Hall–Kier alpha value is -3.26. The van der Waals surface area contributed by atoms with Gasteiger partial charge in [-0.25, -0.2) is 13.2 Å². The van der Waals surface area contributed by atoms with Crippen molar-refractivity contribution in [2.24, 2.45) is 11.8 Å². The van der Waals surface area contributed by atoms with Crippen LogP contribution in [0.5, 0.6) is 0 Å². The minimum absolute atomic E-state index is 0.0108. The maximum absolute atomic E-state index is 14.7. The molecule has 1 saturated carbocycles. The van der Waals surface area contributed by atoms with Gasteiger partial charge < -0.3 is 30.9 Å². The molecule has 3 rings (SSSR count). The SMILES string of the molecule is C=CCNC(=O)C(=O)[C@@H]1CCCCCCCO[C@@H](C)[C@H](NC(=O)NC2(CS(=O)(=O)C(C)(C)C)CCCCC2)C(=O)N2CC[C@H](C(=C)C(C)C)[C@H]2C(=O)N1. The second-order valence-corrected chi connectivity index (χ2v) is 19.2. The summed E-state index contributed by atoms with van der Waals surface area (Å²) in [5.74, 6) is -3.37. The van der Waals surface area contributed by atoms with Gasteiger partial charge in [0, 0.05) is 25.6 Å². The summed E-state index contributed by atoms with van der Waals surface area (Å²) >= 11 is 0. The molecular weight excluding hydrogens is 699 g/mol. The maximum Gasteiger partial charge on any atom is 0.315 e. The van der Waals surface area contributed by atoms with E-state index in [2.05, 4.69) is 34.4 Å². The van der Waals surface area contributed by atoms with E-state index in [4.69, 9.17) is 4.74 Å². The predicted molar refractivity (Wildman–Crippen MR) is 206 cm³/mol. The van der Waals surface area contributed by atoms with E-state index < -0.39 is 79.8 Å². The summed E-state index contributed by atoms with van der Waals surface area (Å²) in [4.78, 5) is 70.5. The number of carbonyl (C=O) groups is 5. The van der Waals surface area contributed by atoms with Gasteiger partial charge in [-0.15, -0.1) is 6.58 Å². The molecule has 5 atom stereocenters. The minimum Gasteiger partial charge on any atom is -0.376 e. The Morgan fingerprint density at radius 2 is 1.64 bits per heavy atom. The highest BCUT2D eigenvalue weighted by molar-refractivity contribution is 7.92. The zero-order valence-electron chi connectivity index (χ0n) is 32.9. The quantitative estimate of drug-likeness (QED) is 0.190. The molecule has 2 saturated heterocycles. The van der Waals surface area contributed by atoms with E-state index in [0.717, 1.165) is 44.1 Å². The van der Waals surface area contributed by atoms with Crippen LogP contribution in [0.2, 0.25) is 0 Å². The molecule has 0 radical (unpaired) electrons. The van der Waals surface area contributed by atoms with Crippen LogP contribution < -0.4 is 21.3 Å². The topological polar surface area (TPSA) is 180 Å². The van der Waals surface area contributed by atoms with Gasteiger partial charge in [0.05, 0.1) is 28.2 Å². The van der Waals surface area contributed by atoms with Gasteiger partial charge in [0.25, 0.3) is 5.91 Å². The maximum atomic E-state index is 14.7. The van der Waals surface area contributed by atoms with Crippen molar-refractivity contribution in [3.8, 4) is 0 Å². The summed E-state index contributed by atoms with van der Waals surface area (Å²) in [5, 5.41) is 11.2. The monoisotopic (exact) mass is 763 g/mol. The average Bonchev–Trinajstić information content (AvgIpc) is 3.53. The highest BCUT2D eigenvalue weighted by Gasteiger charge is 2.48. The number of hydrogen-bond donors (Lipinski definition) is 4. The highest BCUT2D eigenvalue weighted by Crippen LogP contribution is 2.35. The molecule has 0 aromatic carbocycles. The molecule has 3 aliphatic rings. The first-order chi connectivity index (χ1) is 24.8. The third-order valence-electron chi connectivity index (χ3n) is 11.1. The number of amides is 5. The highest BCUT2D eigenvalue weighted by atomic mass is 32.2. The molecule has 0 bridgehead atoms. The Bertz CT molecular complexity index is 1450. The molecule has 2 aliphatic heterocycles. The minimum atomic E-state index is -3.60. The number of carbonyl (C=O) groups excluding carboxylic acids is 5. The van der Waals surface area contributed by atoms with E-state index in [0.29, 0.717) is 38.7 Å². The lowest BCUT2D eigenvalue weighted by Gasteiger charge is -2.40. The zero-order chi connectivity index (χ0) is 39.6. The second-order valence-electron chi connectivity index (χ2n) is 16.4. The van der Waals surface area contributed by atoms with Gasteiger partial charge in [0.15, 0.2) is 9.84 Å². The molecule has 1 aliphatic carbocycles. The smallest absolute Gasteiger partial charge is 0.315 e. The van der Waals surface area contributed by atoms with Crippen LogP contribution in [-0.2, 0) is 33.8 Å². The standard InChI is InChI=1S/C39H65N5O8S/c1-9-22-40-35(47)33(45)30-18-14-11-10-12-17-24-52-28(5)31(36(48)44-23-19-29(27(4)26(2)3)32(44)34(46)41-30)42-37(49)43-39(20-15-13-16-21-39)25-53(50,51)38(6,7)8/h9,26,28-32H,1,4,10-25H2,2-3,5-8H3,(H,40,47)(H,41,46)(H2,42,43,49)/t28-,29+,30-,31-,32-/m0/s1. The first kappa shape index (κ1) is 44.1. The van der Waals surface area contributed by atoms with Crippen molar-refractivity contribution >= 4 is 39.4 Å². The molecule has 3 fully saturated rings. The number of ketones is 1. The fraction of sp³-hybridized carbons (Fsp3) is 0.769. The van der Waals surface area contributed by atoms with Crippen molar-refractivity contribution in [2.75, 3.05) is 25.4 Å². The summed E-state index contributed by atoms with van der Waals surface area (Å²) < 4.78 is 32.0. The molecule has 2 heterocycles. The molecule has 5 amide bonds. The van der Waals surface area contributed by atoms with E-state index in [-0.39, 0.29) is 31.2 Å². The first-order valence-electron chi connectivity index (χ1n) is 19.5. The van der Waals surface area contributed by atoms with Crippen LogP contribution in [0.3, 0.4) is 0 Å². The van der Waals surface area contributed by atoms with Gasteiger partial charge in [0.2, 0.25) is 17.6 Å². The van der Waals surface area contributed by atoms with Crippen molar-refractivity contribution in [1.29, 1.82) is 0 Å². The van der Waals surface area contributed by atoms with Crippen LogP contribution in [-0.4, -0.2) is 103 Å². The van der Waals surface area contributed by atoms with Gasteiger partial charge in [0.1, 0.15) is 12.1 Å². The van der Waals surface area contributed by atoms with Gasteiger partial charge in [-0.05, 0) is 65.7 Å². The van der Waals surface area contributed by atoms with Gasteiger partial charge in [-0.3, -0.25) is 19.2 Å². The number of nitrogens with one attached hydrogen (secondary N) is 4. The summed E-state index contributed by atoms with van der Waals surface area (Å²) in [5.41, 5.74) is -0.234. The fourth-order valence-electron chi connectivity index (χ4n) is 7.55. The third kappa shape index (κ3) is 11.9. The third-order valence-corrected chi connectivity index (χ3v) is 13.9. The number of hydrogen-bond acceptors (Lipinski definition) is 8. The number of sulfone groups is 1. The van der Waals surface area contributed by atoms with E-state index in [1.54, 1.807) is 27.7 Å². The van der Waals surface area contributed by atoms with Crippen LogP contribution >= 0.6 is 0 Å². The Morgan fingerprint density at radius 3 is 2.26 bits per heavy atom. The van der Waals surface area contributed by atoms with E-state index in [1.807, 2.05) is 13.8 Å². The molecular formula is C39H65N5O8S. The van der Waals surface area contributed by atoms with Crippen molar-refractivity contribution in [3.63, 3.8) is 0 Å². The van der Waals surface area contributed by atoms with Crippen molar-refractivity contribution < 1.29 is 37.1 Å². The summed E-state index contributed by atoms with van der Waals surface area (Å²) in [6.45, 7) is 19.0. The largest absolute Gasteiger partial charge is 0.376 e. The summed E-state index contributed by atoms with van der Waals surface area (Å²) in [6, 6.07) is -4.05. The van der Waals surface area contributed by atoms with Gasteiger partial charge in [-0.2, -0.15) is 0 Å². The second kappa shape index (κ2) is 19.4. The molecule has 4 N–H and O–H groups in total. The first-order valence-corrected chi connectivity index (χ1v) is 21.1. The summed E-state index contributed by atoms with van der Waals surface area (Å²) in [7, 11) is -3.60. The number of nitrogens with zero attached hydrogens (tertiary/aromatic N) is 1. The van der Waals surface area contributed by atoms with Crippen LogP contribution in [0, 0.1) is 11.8 Å². The average molecular weight is 764 g/mol. The number of ether oxygens (including phenoxy) is 1. The Kier molecular flexibility index (Phi) is 16.1. The molecule has 0 spiro atoms. The van der Waals surface area contributed by atoms with E-state index in [1.165, 1.54) is 11.0 Å². The van der Waals surface area contributed by atoms with Crippen molar-refractivity contribution in [1.82, 2.24) is 26.2 Å². The predicted octanol–water partition coefficient (Wildman–Crippen LogP) is 4.12. The zero-order valence-corrected chi connectivity index (χ0v) is 33.7. The van der Waals surface area contributed by atoms with Gasteiger partial charge >= 0.3 is 6.03 Å². The van der Waals surface area contributed by atoms with Gasteiger partial charge in [-0.1, -0.05) is 77.0 Å². The van der Waals surface area contributed by atoms with Crippen molar-refractivity contribution in [2.45, 2.75) is 153 Å². The molecule has 0 aromatic rings. The lowest BCUT2D eigenvalue weighted by atomic mass is 9.83. The normalized spacial score (nSPS) is 26.5. The molecule has 0 unspecified atom stereocenters. The van der Waals surface area contributed by atoms with E-state index >= 15 is 0 Å². The lowest BCUT2D eigenvalue weighted by Crippen LogP contribution is -2.63. The molecule has 53 heavy (non-hydrogen) atoms. The summed E-state index contributed by atoms with van der Waals surface area (Å²) in [6.07, 6.45) is 8.53. The molecule has 14 heteroatoms. The Balaban J connectivity index is 1.99. The van der Waals surface area contributed by atoms with Crippen LogP contribution in [0.15, 0.2) is 24.8 Å². The van der Waals surface area contributed by atoms with Crippen LogP contribution in [0.25, 0.3) is 0 Å². The Morgan fingerprint density at radius 1 is 1.02 bits per heavy atom. The number of urea groups is 1. The van der Waals surface area contributed by atoms with E-state index in [9.17, 15) is 32.4 Å². The number of rotatable bonds is 10. The van der Waals surface area contributed by atoms with Crippen LogP contribution in [0.4, 0.5) is 4.79 Å². The van der Waals surface area contributed by atoms with Crippen LogP contribution in [0.1, 0.15) is 119 Å². The number of Topliss-reactive ketones (excluding diaryl/α,β-unsaturated/α-hetero) is 1. The fourth-order valence-corrected chi connectivity index (χ4v) is 9.07. The Labute approximate surface area is 317 Å². The molecule has 13 nitrogen and oxygen atoms in total.